The molecule has 1 saturated carbocycles. The second-order valence-electron chi connectivity index (χ2n) is 12.5. The van der Waals surface area contributed by atoms with E-state index in [1.54, 1.807) is 35.6 Å². The van der Waals surface area contributed by atoms with Crippen molar-refractivity contribution >= 4 is 29.3 Å². The van der Waals surface area contributed by atoms with E-state index in [1.807, 2.05) is 6.92 Å². The monoisotopic (exact) mass is 626 g/mol. The molecular formula is C33H47FN6O5. The van der Waals surface area contributed by atoms with Gasteiger partial charge in [0.05, 0.1) is 11.8 Å². The number of rotatable bonds is 11. The van der Waals surface area contributed by atoms with Crippen LogP contribution in [0, 0.1) is 17.7 Å². The van der Waals surface area contributed by atoms with Gasteiger partial charge in [-0.15, -0.1) is 0 Å². The van der Waals surface area contributed by atoms with Crippen molar-refractivity contribution in [2.75, 3.05) is 18.4 Å². The summed E-state index contributed by atoms with van der Waals surface area (Å²) in [5, 5.41) is 22.4. The fraction of sp³-hybridized carbons (Fsp3) is 0.606. The van der Waals surface area contributed by atoms with Gasteiger partial charge in [-0.3, -0.25) is 23.9 Å². The number of benzene rings is 1. The number of hydrogen-bond acceptors (Lipinski definition) is 6. The fourth-order valence-corrected chi connectivity index (χ4v) is 6.29. The lowest BCUT2D eigenvalue weighted by molar-refractivity contribution is -0.138. The van der Waals surface area contributed by atoms with Gasteiger partial charge in [0.15, 0.2) is 0 Å². The van der Waals surface area contributed by atoms with Crippen molar-refractivity contribution in [3.05, 3.63) is 47.5 Å². The average molecular weight is 627 g/mol. The summed E-state index contributed by atoms with van der Waals surface area (Å²) in [5.74, 6) is -2.31. The number of aliphatic hydroxyl groups is 1. The van der Waals surface area contributed by atoms with Crippen molar-refractivity contribution in [1.29, 1.82) is 0 Å². The molecule has 11 nitrogen and oxygen atoms in total. The van der Waals surface area contributed by atoms with Gasteiger partial charge in [-0.25, -0.2) is 4.39 Å². The largest absolute Gasteiger partial charge is 0.393 e. The van der Waals surface area contributed by atoms with Crippen molar-refractivity contribution in [1.82, 2.24) is 25.3 Å². The van der Waals surface area contributed by atoms with Gasteiger partial charge in [-0.05, 0) is 68.2 Å². The van der Waals surface area contributed by atoms with Crippen LogP contribution in [0.1, 0.15) is 94.6 Å². The van der Waals surface area contributed by atoms with Crippen molar-refractivity contribution in [2.45, 2.75) is 103 Å². The first kappa shape index (κ1) is 34.1. The van der Waals surface area contributed by atoms with Crippen molar-refractivity contribution in [3.63, 3.8) is 0 Å². The molecule has 1 aromatic heterocycles. The molecule has 1 aliphatic carbocycles. The summed E-state index contributed by atoms with van der Waals surface area (Å²) < 4.78 is 17.1. The van der Waals surface area contributed by atoms with Gasteiger partial charge in [0.1, 0.15) is 23.6 Å². The molecule has 2 heterocycles. The van der Waals surface area contributed by atoms with Crippen LogP contribution < -0.4 is 16.0 Å². The maximum Gasteiger partial charge on any atom is 0.270 e. The Morgan fingerprint density at radius 2 is 1.71 bits per heavy atom. The van der Waals surface area contributed by atoms with Crippen molar-refractivity contribution in [2.24, 2.45) is 11.8 Å². The summed E-state index contributed by atoms with van der Waals surface area (Å²) in [6, 6.07) is 4.18. The van der Waals surface area contributed by atoms with E-state index in [2.05, 4.69) is 28.0 Å². The summed E-state index contributed by atoms with van der Waals surface area (Å²) in [7, 11) is 0. The number of aromatic nitrogens is 2. The molecule has 2 aromatic rings. The van der Waals surface area contributed by atoms with E-state index in [0.717, 1.165) is 25.7 Å². The van der Waals surface area contributed by atoms with Crippen LogP contribution in [0.3, 0.4) is 0 Å². The molecule has 1 aromatic carbocycles. The Labute approximate surface area is 264 Å². The molecule has 0 spiro atoms. The number of carbonyl (C=O) groups is 4. The van der Waals surface area contributed by atoms with Gasteiger partial charge in [0, 0.05) is 38.2 Å². The van der Waals surface area contributed by atoms with Crippen LogP contribution in [0.25, 0.3) is 0 Å². The molecule has 2 fully saturated rings. The zero-order chi connectivity index (χ0) is 32.7. The minimum Gasteiger partial charge on any atom is -0.393 e. The number of hydrogen-bond donors (Lipinski definition) is 4. The molecular weight excluding hydrogens is 579 g/mol. The van der Waals surface area contributed by atoms with Crippen LogP contribution in [0.4, 0.5) is 10.1 Å². The van der Waals surface area contributed by atoms with Crippen molar-refractivity contribution in [3.8, 4) is 0 Å². The predicted molar refractivity (Wildman–Crippen MR) is 168 cm³/mol. The summed E-state index contributed by atoms with van der Waals surface area (Å²) in [6.45, 7) is 8.74. The molecule has 246 valence electrons. The molecule has 3 atom stereocenters. The molecule has 45 heavy (non-hydrogen) atoms. The fourth-order valence-electron chi connectivity index (χ4n) is 6.29. The van der Waals surface area contributed by atoms with E-state index in [9.17, 15) is 24.3 Å². The number of aliphatic hydroxyl groups excluding tert-OH is 1. The van der Waals surface area contributed by atoms with Gasteiger partial charge in [0.2, 0.25) is 17.7 Å². The Morgan fingerprint density at radius 3 is 2.33 bits per heavy atom. The number of likely N-dealkylation sites (tertiary alicyclic amines) is 1. The lowest BCUT2D eigenvalue weighted by Gasteiger charge is -2.35. The van der Waals surface area contributed by atoms with Gasteiger partial charge in [0.25, 0.3) is 5.91 Å². The smallest absolute Gasteiger partial charge is 0.270 e. The van der Waals surface area contributed by atoms with Crippen LogP contribution in [0.15, 0.2) is 30.5 Å². The van der Waals surface area contributed by atoms with Crippen LogP contribution in [0.5, 0.6) is 0 Å². The van der Waals surface area contributed by atoms with Crippen LogP contribution >= 0.6 is 0 Å². The third-order valence-corrected chi connectivity index (χ3v) is 9.31. The Hall–Kier alpha value is -3.80. The normalized spacial score (nSPS) is 21.0. The van der Waals surface area contributed by atoms with E-state index < -0.39 is 41.7 Å². The Balaban J connectivity index is 1.52. The summed E-state index contributed by atoms with van der Waals surface area (Å²) >= 11 is 0. The number of piperidine rings is 1. The topological polar surface area (TPSA) is 146 Å². The second kappa shape index (κ2) is 15.5. The van der Waals surface area contributed by atoms with Gasteiger partial charge >= 0.3 is 0 Å². The number of anilines is 1. The highest BCUT2D eigenvalue weighted by Crippen LogP contribution is 2.32. The molecule has 0 radical (unpaired) electrons. The van der Waals surface area contributed by atoms with E-state index in [4.69, 9.17) is 0 Å². The number of nitrogens with one attached hydrogen (secondary N) is 3. The summed E-state index contributed by atoms with van der Waals surface area (Å²) in [6.07, 6.45) is 5.59. The van der Waals surface area contributed by atoms with Crippen molar-refractivity contribution < 1.29 is 28.7 Å². The zero-order valence-electron chi connectivity index (χ0n) is 26.7. The third kappa shape index (κ3) is 8.47. The predicted octanol–water partition coefficient (Wildman–Crippen LogP) is 3.59. The molecule has 4 rings (SSSR count). The number of amides is 4. The van der Waals surface area contributed by atoms with E-state index in [1.165, 1.54) is 18.3 Å². The third-order valence-electron chi connectivity index (χ3n) is 9.31. The summed E-state index contributed by atoms with van der Waals surface area (Å²) in [4.78, 5) is 54.3. The standard InChI is InChI=1S/C33H47FN6O5/c1-5-28(42)37-29(33(45)39-17-14-24(41)15-18-39)21(4)23-11-12-26(25(34)19-23)36-32(44)30(22-9-7-20(3)8-10-22)38-31(43)27-13-16-35-40(27)6-2/h11-13,16,19-22,24,29-30,41H,5-10,14-15,17-18H2,1-4H3,(H,36,44)(H,37,42)(H,38,43)/t20-,21-,22-,29+,30-/m0/s1. The molecule has 4 N–H and O–H groups in total. The molecule has 1 aliphatic heterocycles. The number of aryl methyl sites for hydroxylation is 1. The SMILES string of the molecule is CCC(=O)N[C@@H](C(=O)N1CCC(O)CC1)[C@@H](C)c1ccc(NC(=O)[C@@H](NC(=O)c2ccnn2CC)[C@H]2CC[C@H](C)CC2)c(F)c1. The first-order valence-corrected chi connectivity index (χ1v) is 16.2. The number of carbonyl (C=O) groups excluding carboxylic acids is 4. The molecule has 2 aliphatic rings. The highest BCUT2D eigenvalue weighted by molar-refractivity contribution is 6.00. The molecule has 1 saturated heterocycles. The van der Waals surface area contributed by atoms with Gasteiger partial charge in [-0.1, -0.05) is 39.7 Å². The highest BCUT2D eigenvalue weighted by Gasteiger charge is 2.35. The van der Waals surface area contributed by atoms with Crippen LogP contribution in [-0.4, -0.2) is 74.7 Å². The Morgan fingerprint density at radius 1 is 1.02 bits per heavy atom. The maximum absolute atomic E-state index is 15.6. The van der Waals surface area contributed by atoms with E-state index in [0.29, 0.717) is 49.7 Å². The Kier molecular flexibility index (Phi) is 11.7. The van der Waals surface area contributed by atoms with E-state index in [-0.39, 0.29) is 29.8 Å². The first-order chi connectivity index (χ1) is 21.5. The van der Waals surface area contributed by atoms with E-state index >= 15 is 4.39 Å². The first-order valence-electron chi connectivity index (χ1n) is 16.2. The average Bonchev–Trinajstić information content (AvgIpc) is 3.53. The molecule has 12 heteroatoms. The number of halogens is 1. The highest BCUT2D eigenvalue weighted by atomic mass is 19.1. The summed E-state index contributed by atoms with van der Waals surface area (Å²) in [5.41, 5.74) is 0.795. The zero-order valence-corrected chi connectivity index (χ0v) is 26.7. The van der Waals surface area contributed by atoms with Crippen LogP contribution in [0.2, 0.25) is 0 Å². The molecule has 0 bridgehead atoms. The minimum absolute atomic E-state index is 0.0385. The maximum atomic E-state index is 15.6. The number of nitrogens with zero attached hydrogens (tertiary/aromatic N) is 3. The lowest BCUT2D eigenvalue weighted by Crippen LogP contribution is -2.53. The second-order valence-corrected chi connectivity index (χ2v) is 12.5. The minimum atomic E-state index is -0.919. The Bertz CT molecular complexity index is 1350. The molecule has 4 amide bonds. The lowest BCUT2D eigenvalue weighted by atomic mass is 9.79. The van der Waals surface area contributed by atoms with Gasteiger partial charge in [-0.2, -0.15) is 5.10 Å². The quantitative estimate of drug-likeness (QED) is 0.300. The van der Waals surface area contributed by atoms with Gasteiger partial charge < -0.3 is 26.0 Å². The molecule has 0 unspecified atom stereocenters. The van der Waals surface area contributed by atoms with Crippen LogP contribution in [-0.2, 0) is 20.9 Å².